The number of hydrogen-bond donors (Lipinski definition) is 0. The zero-order valence-corrected chi connectivity index (χ0v) is 12.7. The molecular formula is C14H25BrO2. The molecule has 3 heteroatoms. The van der Waals surface area contributed by atoms with E-state index in [1.165, 1.54) is 38.5 Å². The summed E-state index contributed by atoms with van der Waals surface area (Å²) in [5, 5.41) is 0. The summed E-state index contributed by atoms with van der Waals surface area (Å²) >= 11 is 3.85. The standard InChI is InChI=1S/C14H25BrO2/c1-3-16-10-11(2)17-13-9-12(15)14(13)7-5-4-6-8-14/h11-13H,3-10H2,1-2H3. The number of ether oxygens (including phenoxy) is 2. The van der Waals surface area contributed by atoms with E-state index in [2.05, 4.69) is 22.9 Å². The molecule has 2 saturated carbocycles. The van der Waals surface area contributed by atoms with Crippen molar-refractivity contribution in [3.05, 3.63) is 0 Å². The highest BCUT2D eigenvalue weighted by Gasteiger charge is 2.54. The Morgan fingerprint density at radius 1 is 1.29 bits per heavy atom. The van der Waals surface area contributed by atoms with E-state index in [4.69, 9.17) is 9.47 Å². The van der Waals surface area contributed by atoms with Gasteiger partial charge in [-0.25, -0.2) is 0 Å². The molecular weight excluding hydrogens is 280 g/mol. The van der Waals surface area contributed by atoms with Crippen LogP contribution in [0.15, 0.2) is 0 Å². The molecule has 2 nitrogen and oxygen atoms in total. The van der Waals surface area contributed by atoms with E-state index in [1.54, 1.807) is 0 Å². The molecule has 17 heavy (non-hydrogen) atoms. The lowest BCUT2D eigenvalue weighted by atomic mass is 9.58. The molecule has 0 N–H and O–H groups in total. The smallest absolute Gasteiger partial charge is 0.0784 e. The van der Waals surface area contributed by atoms with Crippen LogP contribution in [0.4, 0.5) is 0 Å². The van der Waals surface area contributed by atoms with Gasteiger partial charge in [0.05, 0.1) is 18.8 Å². The number of halogens is 1. The fourth-order valence-corrected chi connectivity index (χ4v) is 4.43. The van der Waals surface area contributed by atoms with Crippen molar-refractivity contribution in [2.45, 2.75) is 69.4 Å². The zero-order chi connectivity index (χ0) is 12.3. The van der Waals surface area contributed by atoms with Crippen molar-refractivity contribution in [1.82, 2.24) is 0 Å². The molecule has 2 aliphatic carbocycles. The van der Waals surface area contributed by atoms with Crippen LogP contribution in [0.5, 0.6) is 0 Å². The third kappa shape index (κ3) is 2.87. The van der Waals surface area contributed by atoms with Gasteiger partial charge in [-0.05, 0) is 33.1 Å². The fourth-order valence-electron chi connectivity index (χ4n) is 3.34. The highest BCUT2D eigenvalue weighted by atomic mass is 79.9. The molecule has 1 spiro atoms. The Kier molecular flexibility index (Phi) is 4.90. The summed E-state index contributed by atoms with van der Waals surface area (Å²) in [6.45, 7) is 5.68. The summed E-state index contributed by atoms with van der Waals surface area (Å²) in [6.07, 6.45) is 8.72. The van der Waals surface area contributed by atoms with E-state index >= 15 is 0 Å². The molecule has 0 aromatic carbocycles. The maximum atomic E-state index is 6.20. The van der Waals surface area contributed by atoms with Gasteiger partial charge in [-0.2, -0.15) is 0 Å². The highest BCUT2D eigenvalue weighted by molar-refractivity contribution is 9.09. The van der Waals surface area contributed by atoms with Gasteiger partial charge in [0.25, 0.3) is 0 Å². The molecule has 0 amide bonds. The van der Waals surface area contributed by atoms with Crippen LogP contribution < -0.4 is 0 Å². The predicted octanol–water partition coefficient (Wildman–Crippen LogP) is 3.91. The molecule has 0 aromatic heterocycles. The Balaban J connectivity index is 1.84. The quantitative estimate of drug-likeness (QED) is 0.717. The second-order valence-electron chi connectivity index (χ2n) is 5.59. The molecule has 3 unspecified atom stereocenters. The molecule has 0 bridgehead atoms. The first-order valence-electron chi connectivity index (χ1n) is 7.06. The van der Waals surface area contributed by atoms with Crippen molar-refractivity contribution in [3.63, 3.8) is 0 Å². The Hall–Kier alpha value is 0.400. The van der Waals surface area contributed by atoms with Gasteiger partial charge >= 0.3 is 0 Å². The van der Waals surface area contributed by atoms with Crippen LogP contribution in [-0.4, -0.2) is 30.2 Å². The normalized spacial score (nSPS) is 33.4. The zero-order valence-electron chi connectivity index (χ0n) is 11.1. The Bertz CT molecular complexity index is 238. The van der Waals surface area contributed by atoms with Gasteiger partial charge in [0.15, 0.2) is 0 Å². The Morgan fingerprint density at radius 3 is 2.59 bits per heavy atom. The minimum atomic E-state index is 0.235. The lowest BCUT2D eigenvalue weighted by molar-refractivity contribution is -0.157. The topological polar surface area (TPSA) is 18.5 Å². The lowest BCUT2D eigenvalue weighted by Gasteiger charge is -2.56. The van der Waals surface area contributed by atoms with Crippen molar-refractivity contribution in [2.24, 2.45) is 5.41 Å². The van der Waals surface area contributed by atoms with E-state index in [9.17, 15) is 0 Å². The summed E-state index contributed by atoms with van der Waals surface area (Å²) in [5.41, 5.74) is 0.443. The molecule has 0 heterocycles. The maximum Gasteiger partial charge on any atom is 0.0784 e. The minimum absolute atomic E-state index is 0.235. The van der Waals surface area contributed by atoms with Crippen LogP contribution in [0.1, 0.15) is 52.4 Å². The van der Waals surface area contributed by atoms with Crippen molar-refractivity contribution < 1.29 is 9.47 Å². The number of alkyl halides is 1. The SMILES string of the molecule is CCOCC(C)OC1CC(Br)C12CCCCC2. The van der Waals surface area contributed by atoms with E-state index in [0.717, 1.165) is 13.2 Å². The second kappa shape index (κ2) is 6.03. The summed E-state index contributed by atoms with van der Waals surface area (Å²) < 4.78 is 11.6. The summed E-state index contributed by atoms with van der Waals surface area (Å²) in [5.74, 6) is 0. The molecule has 2 rings (SSSR count). The van der Waals surface area contributed by atoms with Crippen molar-refractivity contribution >= 4 is 15.9 Å². The third-order valence-electron chi connectivity index (χ3n) is 4.42. The van der Waals surface area contributed by atoms with Crippen LogP contribution in [0.25, 0.3) is 0 Å². The van der Waals surface area contributed by atoms with Gasteiger partial charge in [-0.1, -0.05) is 35.2 Å². The van der Waals surface area contributed by atoms with Crippen molar-refractivity contribution in [1.29, 1.82) is 0 Å². The number of hydrogen-bond acceptors (Lipinski definition) is 2. The predicted molar refractivity (Wildman–Crippen MR) is 73.7 cm³/mol. The molecule has 100 valence electrons. The monoisotopic (exact) mass is 304 g/mol. The van der Waals surface area contributed by atoms with Crippen molar-refractivity contribution in [3.8, 4) is 0 Å². The molecule has 0 radical (unpaired) electrons. The van der Waals surface area contributed by atoms with E-state index in [-0.39, 0.29) is 6.10 Å². The fraction of sp³-hybridized carbons (Fsp3) is 1.00. The highest BCUT2D eigenvalue weighted by Crippen LogP contribution is 2.56. The first-order chi connectivity index (χ1) is 8.19. The summed E-state index contributed by atoms with van der Waals surface area (Å²) in [4.78, 5) is 0.680. The molecule has 0 saturated heterocycles. The average molecular weight is 305 g/mol. The molecule has 2 fully saturated rings. The van der Waals surface area contributed by atoms with E-state index in [0.29, 0.717) is 16.3 Å². The second-order valence-corrected chi connectivity index (χ2v) is 6.70. The number of rotatable bonds is 5. The molecule has 3 atom stereocenters. The van der Waals surface area contributed by atoms with E-state index in [1.807, 2.05) is 6.92 Å². The maximum absolute atomic E-state index is 6.20. The summed E-state index contributed by atoms with van der Waals surface area (Å²) in [6, 6.07) is 0. The minimum Gasteiger partial charge on any atom is -0.379 e. The molecule has 0 aliphatic heterocycles. The van der Waals surface area contributed by atoms with Gasteiger partial charge in [-0.15, -0.1) is 0 Å². The summed E-state index contributed by atoms with van der Waals surface area (Å²) in [7, 11) is 0. The van der Waals surface area contributed by atoms with Gasteiger partial charge < -0.3 is 9.47 Å². The van der Waals surface area contributed by atoms with Gasteiger partial charge in [-0.3, -0.25) is 0 Å². The molecule has 0 aromatic rings. The Morgan fingerprint density at radius 2 is 2.00 bits per heavy atom. The van der Waals surface area contributed by atoms with Crippen molar-refractivity contribution in [2.75, 3.05) is 13.2 Å². The van der Waals surface area contributed by atoms with Crippen LogP contribution in [0.2, 0.25) is 0 Å². The largest absolute Gasteiger partial charge is 0.379 e. The van der Waals surface area contributed by atoms with E-state index < -0.39 is 0 Å². The van der Waals surface area contributed by atoms with Gasteiger partial charge in [0, 0.05) is 16.8 Å². The molecule has 2 aliphatic rings. The van der Waals surface area contributed by atoms with Crippen LogP contribution in [0.3, 0.4) is 0 Å². The van der Waals surface area contributed by atoms with Gasteiger partial charge in [0.2, 0.25) is 0 Å². The van der Waals surface area contributed by atoms with Crippen LogP contribution in [0, 0.1) is 5.41 Å². The first-order valence-corrected chi connectivity index (χ1v) is 7.98. The average Bonchev–Trinajstić information content (AvgIpc) is 2.37. The van der Waals surface area contributed by atoms with Crippen LogP contribution >= 0.6 is 15.9 Å². The van der Waals surface area contributed by atoms with Gasteiger partial charge in [0.1, 0.15) is 0 Å². The third-order valence-corrected chi connectivity index (χ3v) is 5.71. The Labute approximate surface area is 114 Å². The lowest BCUT2D eigenvalue weighted by Crippen LogP contribution is -2.57. The van der Waals surface area contributed by atoms with Crippen LogP contribution in [-0.2, 0) is 9.47 Å². The first kappa shape index (κ1) is 13.8.